The molecule has 2 fully saturated rings. The Morgan fingerprint density at radius 1 is 1.35 bits per heavy atom. The molecule has 7 heteroatoms. The fraction of sp³-hybridized carbons (Fsp3) is 0.625. The molecule has 0 radical (unpaired) electrons. The van der Waals surface area contributed by atoms with E-state index in [1.54, 1.807) is 11.3 Å². The Morgan fingerprint density at radius 3 is 2.78 bits per heavy atom. The zero-order chi connectivity index (χ0) is 16.0. The normalized spacial score (nSPS) is 23.0. The summed E-state index contributed by atoms with van der Waals surface area (Å²) in [6.45, 7) is 7.86. The average Bonchev–Trinajstić information content (AvgIpc) is 3.27. The minimum absolute atomic E-state index is 0.176. The van der Waals surface area contributed by atoms with Crippen molar-refractivity contribution >= 4 is 27.5 Å². The Hall–Kier alpha value is -1.44. The number of fused-ring (bicyclic) bond motifs is 1. The maximum atomic E-state index is 12.8. The third-order valence-electron chi connectivity index (χ3n) is 5.06. The third-order valence-corrected chi connectivity index (χ3v) is 6.25. The molecule has 0 saturated carbocycles. The van der Waals surface area contributed by atoms with Crippen LogP contribution < -0.4 is 5.32 Å². The van der Waals surface area contributed by atoms with Gasteiger partial charge in [-0.05, 0) is 26.0 Å². The van der Waals surface area contributed by atoms with Gasteiger partial charge in [-0.25, -0.2) is 0 Å². The number of thiophene rings is 1. The molecule has 1 atom stereocenters. The van der Waals surface area contributed by atoms with Gasteiger partial charge >= 0.3 is 0 Å². The van der Waals surface area contributed by atoms with Crippen molar-refractivity contribution in [1.82, 2.24) is 24.9 Å². The van der Waals surface area contributed by atoms with Gasteiger partial charge in [0.1, 0.15) is 4.83 Å². The van der Waals surface area contributed by atoms with Crippen molar-refractivity contribution in [3.63, 3.8) is 0 Å². The molecule has 1 N–H and O–H groups in total. The third kappa shape index (κ3) is 2.66. The number of carbonyl (C=O) groups is 1. The summed E-state index contributed by atoms with van der Waals surface area (Å²) < 4.78 is 1.87. The maximum Gasteiger partial charge on any atom is 0.264 e. The summed E-state index contributed by atoms with van der Waals surface area (Å²) in [6.07, 6.45) is 1.23. The lowest BCUT2D eigenvalue weighted by atomic mass is 10.2. The first-order valence-electron chi connectivity index (χ1n) is 8.30. The van der Waals surface area contributed by atoms with Crippen molar-refractivity contribution in [2.75, 3.05) is 39.3 Å². The van der Waals surface area contributed by atoms with Gasteiger partial charge in [0.15, 0.2) is 0 Å². The molecule has 2 aromatic heterocycles. The molecule has 124 valence electrons. The molecular formula is C16H23N5OS. The fourth-order valence-electron chi connectivity index (χ4n) is 3.71. The van der Waals surface area contributed by atoms with Gasteiger partial charge < -0.3 is 10.2 Å². The molecule has 0 bridgehead atoms. The first-order valence-corrected chi connectivity index (χ1v) is 9.12. The van der Waals surface area contributed by atoms with Crippen LogP contribution in [-0.2, 0) is 7.05 Å². The lowest BCUT2D eigenvalue weighted by Gasteiger charge is -2.37. The van der Waals surface area contributed by atoms with E-state index < -0.39 is 0 Å². The van der Waals surface area contributed by atoms with Crippen molar-refractivity contribution in [2.24, 2.45) is 7.05 Å². The summed E-state index contributed by atoms with van der Waals surface area (Å²) in [6, 6.07) is 2.67. The quantitative estimate of drug-likeness (QED) is 0.893. The minimum atomic E-state index is 0.176. The van der Waals surface area contributed by atoms with Gasteiger partial charge in [-0.15, -0.1) is 11.3 Å². The Morgan fingerprint density at radius 2 is 2.13 bits per heavy atom. The van der Waals surface area contributed by atoms with Crippen molar-refractivity contribution in [2.45, 2.75) is 19.4 Å². The van der Waals surface area contributed by atoms with E-state index in [4.69, 9.17) is 0 Å². The van der Waals surface area contributed by atoms with Gasteiger partial charge in [0.2, 0.25) is 0 Å². The van der Waals surface area contributed by atoms with Crippen LogP contribution in [0, 0.1) is 6.92 Å². The number of nitrogens with zero attached hydrogens (tertiary/aromatic N) is 4. The molecule has 6 nitrogen and oxygen atoms in total. The van der Waals surface area contributed by atoms with Gasteiger partial charge in [-0.1, -0.05) is 0 Å². The lowest BCUT2D eigenvalue weighted by molar-refractivity contribution is 0.0588. The summed E-state index contributed by atoms with van der Waals surface area (Å²) >= 11 is 1.56. The average molecular weight is 333 g/mol. The van der Waals surface area contributed by atoms with E-state index in [0.717, 1.165) is 60.1 Å². The van der Waals surface area contributed by atoms with Gasteiger partial charge in [-0.3, -0.25) is 14.4 Å². The summed E-state index contributed by atoms with van der Waals surface area (Å²) in [5.41, 5.74) is 0.997. The molecule has 0 aliphatic carbocycles. The van der Waals surface area contributed by atoms with Gasteiger partial charge in [0.25, 0.3) is 5.91 Å². The molecule has 1 unspecified atom stereocenters. The number of nitrogens with one attached hydrogen (secondary N) is 1. The molecule has 4 heterocycles. The van der Waals surface area contributed by atoms with E-state index >= 15 is 0 Å². The maximum absolute atomic E-state index is 12.8. The Labute approximate surface area is 140 Å². The summed E-state index contributed by atoms with van der Waals surface area (Å²) in [5, 5.41) is 8.94. The van der Waals surface area contributed by atoms with Crippen LogP contribution in [0.5, 0.6) is 0 Å². The van der Waals surface area contributed by atoms with Crippen molar-refractivity contribution < 1.29 is 4.79 Å². The number of aryl methyl sites for hydroxylation is 2. The second-order valence-corrected chi connectivity index (χ2v) is 7.54. The Balaban J connectivity index is 1.45. The highest BCUT2D eigenvalue weighted by Crippen LogP contribution is 2.28. The van der Waals surface area contributed by atoms with Crippen LogP contribution in [0.4, 0.5) is 0 Å². The van der Waals surface area contributed by atoms with Gasteiger partial charge in [-0.2, -0.15) is 5.10 Å². The SMILES string of the molecule is Cc1nn(C)c2sc(C(=O)N3CCN(C4CCNC4)CC3)cc12. The minimum Gasteiger partial charge on any atom is -0.335 e. The molecule has 2 saturated heterocycles. The number of rotatable bonds is 2. The highest BCUT2D eigenvalue weighted by atomic mass is 32.1. The zero-order valence-electron chi connectivity index (χ0n) is 13.7. The van der Waals surface area contributed by atoms with Crippen LogP contribution >= 0.6 is 11.3 Å². The molecule has 1 amide bonds. The molecule has 2 aromatic rings. The van der Waals surface area contributed by atoms with Crippen LogP contribution in [0.1, 0.15) is 21.8 Å². The number of aromatic nitrogens is 2. The van der Waals surface area contributed by atoms with Crippen LogP contribution in [0.25, 0.3) is 10.2 Å². The predicted octanol–water partition coefficient (Wildman–Crippen LogP) is 1.06. The second-order valence-electron chi connectivity index (χ2n) is 6.51. The molecule has 23 heavy (non-hydrogen) atoms. The fourth-order valence-corrected chi connectivity index (χ4v) is 4.80. The van der Waals surface area contributed by atoms with E-state index in [0.29, 0.717) is 6.04 Å². The van der Waals surface area contributed by atoms with Crippen molar-refractivity contribution in [1.29, 1.82) is 0 Å². The smallest absolute Gasteiger partial charge is 0.264 e. The van der Waals surface area contributed by atoms with Crippen LogP contribution in [0.2, 0.25) is 0 Å². The topological polar surface area (TPSA) is 53.4 Å². The number of amides is 1. The first kappa shape index (κ1) is 15.1. The predicted molar refractivity (Wildman–Crippen MR) is 92.1 cm³/mol. The Kier molecular flexibility index (Phi) is 3.87. The molecule has 4 rings (SSSR count). The van der Waals surface area contributed by atoms with E-state index in [-0.39, 0.29) is 5.91 Å². The van der Waals surface area contributed by atoms with E-state index in [9.17, 15) is 4.79 Å². The number of piperazine rings is 1. The molecular weight excluding hydrogens is 310 g/mol. The summed E-state index contributed by atoms with van der Waals surface area (Å²) in [4.78, 5) is 19.3. The van der Waals surface area contributed by atoms with Crippen LogP contribution in [-0.4, -0.2) is 70.8 Å². The van der Waals surface area contributed by atoms with E-state index in [2.05, 4.69) is 15.3 Å². The standard InChI is InChI=1S/C16H23N5OS/c1-11-13-9-14(23-16(13)19(2)18-11)15(22)21-7-5-20(6-8-21)12-3-4-17-10-12/h9,12,17H,3-8,10H2,1-2H3. The summed E-state index contributed by atoms with van der Waals surface area (Å²) in [7, 11) is 1.94. The van der Waals surface area contributed by atoms with E-state index in [1.165, 1.54) is 6.42 Å². The van der Waals surface area contributed by atoms with Crippen LogP contribution in [0.3, 0.4) is 0 Å². The number of carbonyl (C=O) groups excluding carboxylic acids is 1. The highest BCUT2D eigenvalue weighted by molar-refractivity contribution is 7.20. The largest absolute Gasteiger partial charge is 0.335 e. The van der Waals surface area contributed by atoms with Gasteiger partial charge in [0, 0.05) is 51.2 Å². The van der Waals surface area contributed by atoms with Crippen molar-refractivity contribution in [3.8, 4) is 0 Å². The number of hydrogen-bond acceptors (Lipinski definition) is 5. The van der Waals surface area contributed by atoms with Gasteiger partial charge in [0.05, 0.1) is 10.6 Å². The van der Waals surface area contributed by atoms with Crippen molar-refractivity contribution in [3.05, 3.63) is 16.6 Å². The van der Waals surface area contributed by atoms with Crippen LogP contribution in [0.15, 0.2) is 6.07 Å². The lowest BCUT2D eigenvalue weighted by Crippen LogP contribution is -2.52. The zero-order valence-corrected chi connectivity index (χ0v) is 14.5. The molecule has 2 aliphatic heterocycles. The molecule has 0 spiro atoms. The highest BCUT2D eigenvalue weighted by Gasteiger charge is 2.29. The Bertz CT molecular complexity index is 688. The second kappa shape index (κ2) is 5.89. The van der Waals surface area contributed by atoms with E-state index in [1.807, 2.05) is 29.6 Å². The summed E-state index contributed by atoms with van der Waals surface area (Å²) in [5.74, 6) is 0.176. The molecule has 2 aliphatic rings. The number of hydrogen-bond donors (Lipinski definition) is 1. The first-order chi connectivity index (χ1) is 11.1. The monoisotopic (exact) mass is 333 g/mol. The molecule has 0 aromatic carbocycles.